The molecule has 1 aromatic heterocycles. The summed E-state index contributed by atoms with van der Waals surface area (Å²) >= 11 is 6.00. The van der Waals surface area contributed by atoms with Gasteiger partial charge in [-0.2, -0.15) is 0 Å². The fourth-order valence-corrected chi connectivity index (χ4v) is 1.82. The lowest BCUT2D eigenvalue weighted by molar-refractivity contribution is -0.115. The normalized spacial score (nSPS) is 10.1. The van der Waals surface area contributed by atoms with Gasteiger partial charge in [0.25, 0.3) is 0 Å². The van der Waals surface area contributed by atoms with Crippen molar-refractivity contribution in [2.45, 2.75) is 13.3 Å². The van der Waals surface area contributed by atoms with Gasteiger partial charge in [-0.1, -0.05) is 35.9 Å². The number of halogens is 1. The molecule has 0 aliphatic carbocycles. The first-order valence-corrected chi connectivity index (χ1v) is 6.00. The number of aryl methyl sites for hydroxylation is 1. The van der Waals surface area contributed by atoms with Crippen LogP contribution in [0.4, 0.5) is 5.82 Å². The Hall–Kier alpha value is -1.87. The minimum absolute atomic E-state index is 0.124. The molecule has 2 rings (SSSR count). The van der Waals surface area contributed by atoms with Gasteiger partial charge in [0.05, 0.1) is 6.42 Å². The van der Waals surface area contributed by atoms with Crippen molar-refractivity contribution >= 4 is 23.3 Å². The Labute approximate surface area is 111 Å². The van der Waals surface area contributed by atoms with Crippen LogP contribution in [0.2, 0.25) is 5.02 Å². The number of nitrogens with zero attached hydrogens (tertiary/aromatic N) is 1. The van der Waals surface area contributed by atoms with Gasteiger partial charge in [0.2, 0.25) is 5.91 Å². The maximum Gasteiger partial charge on any atom is 0.230 e. The molecule has 0 aliphatic heterocycles. The molecule has 1 heterocycles. The lowest BCUT2D eigenvalue weighted by Crippen LogP contribution is -2.15. The highest BCUT2D eigenvalue weighted by molar-refractivity contribution is 6.31. The van der Waals surface area contributed by atoms with Gasteiger partial charge in [-0.25, -0.2) is 4.98 Å². The van der Waals surface area contributed by atoms with Crippen molar-refractivity contribution in [1.29, 1.82) is 0 Å². The van der Waals surface area contributed by atoms with Crippen LogP contribution in [0.5, 0.6) is 0 Å². The largest absolute Gasteiger partial charge is 0.310 e. The van der Waals surface area contributed by atoms with Gasteiger partial charge in [0.1, 0.15) is 5.82 Å². The molecule has 1 amide bonds. The Morgan fingerprint density at radius 2 is 2.00 bits per heavy atom. The third-order valence-corrected chi connectivity index (χ3v) is 2.83. The second-order valence-corrected chi connectivity index (χ2v) is 4.39. The Bertz CT molecular complexity index is 569. The van der Waals surface area contributed by atoms with E-state index in [1.807, 2.05) is 37.3 Å². The van der Waals surface area contributed by atoms with Crippen LogP contribution in [0, 0.1) is 6.92 Å². The summed E-state index contributed by atoms with van der Waals surface area (Å²) in [5.41, 5.74) is 1.68. The van der Waals surface area contributed by atoms with Crippen molar-refractivity contribution in [3.63, 3.8) is 0 Å². The Kier molecular flexibility index (Phi) is 3.95. The van der Waals surface area contributed by atoms with Crippen LogP contribution in [0.1, 0.15) is 11.3 Å². The molecule has 0 fully saturated rings. The number of hydrogen-bond donors (Lipinski definition) is 1. The summed E-state index contributed by atoms with van der Waals surface area (Å²) in [5, 5.41) is 3.35. The summed E-state index contributed by atoms with van der Waals surface area (Å²) in [6, 6.07) is 12.8. The molecule has 0 saturated heterocycles. The summed E-state index contributed by atoms with van der Waals surface area (Å²) in [6.07, 6.45) is 0.245. The van der Waals surface area contributed by atoms with E-state index in [-0.39, 0.29) is 12.3 Å². The standard InChI is InChI=1S/C14H13ClN2O/c1-10-5-4-8-13(16-10)17-14(18)9-11-6-2-3-7-12(11)15/h2-8H,9H2,1H3,(H,16,17,18). The van der Waals surface area contributed by atoms with E-state index in [0.29, 0.717) is 10.8 Å². The van der Waals surface area contributed by atoms with Gasteiger partial charge < -0.3 is 5.32 Å². The highest BCUT2D eigenvalue weighted by Crippen LogP contribution is 2.16. The van der Waals surface area contributed by atoms with Crippen LogP contribution in [0.25, 0.3) is 0 Å². The number of benzene rings is 1. The third-order valence-electron chi connectivity index (χ3n) is 2.46. The van der Waals surface area contributed by atoms with Crippen molar-refractivity contribution in [3.8, 4) is 0 Å². The predicted molar refractivity (Wildman–Crippen MR) is 72.8 cm³/mol. The number of hydrogen-bond acceptors (Lipinski definition) is 2. The molecule has 0 aliphatic rings. The Balaban J connectivity index is 2.03. The molecule has 2 aromatic rings. The molecule has 92 valence electrons. The molecular weight excluding hydrogens is 248 g/mol. The monoisotopic (exact) mass is 260 g/mol. The molecule has 18 heavy (non-hydrogen) atoms. The first kappa shape index (κ1) is 12.6. The average molecular weight is 261 g/mol. The van der Waals surface area contributed by atoms with Crippen molar-refractivity contribution < 1.29 is 4.79 Å². The SMILES string of the molecule is Cc1cccc(NC(=O)Cc2ccccc2Cl)n1. The van der Waals surface area contributed by atoms with Crippen LogP contribution in [0.3, 0.4) is 0 Å². The molecule has 4 heteroatoms. The smallest absolute Gasteiger partial charge is 0.230 e. The van der Waals surface area contributed by atoms with Crippen LogP contribution in [-0.4, -0.2) is 10.9 Å². The van der Waals surface area contributed by atoms with Crippen molar-refractivity contribution in [2.75, 3.05) is 5.32 Å². The number of rotatable bonds is 3. The first-order chi connectivity index (χ1) is 8.65. The number of pyridine rings is 1. The average Bonchev–Trinajstić information content (AvgIpc) is 2.32. The van der Waals surface area contributed by atoms with Gasteiger partial charge in [-0.3, -0.25) is 4.79 Å². The van der Waals surface area contributed by atoms with Crippen LogP contribution in [0.15, 0.2) is 42.5 Å². The zero-order valence-electron chi connectivity index (χ0n) is 9.98. The highest BCUT2D eigenvalue weighted by atomic mass is 35.5. The topological polar surface area (TPSA) is 42.0 Å². The molecule has 0 bridgehead atoms. The van der Waals surface area contributed by atoms with Gasteiger partial charge in [-0.05, 0) is 30.7 Å². The summed E-state index contributed by atoms with van der Waals surface area (Å²) in [5.74, 6) is 0.438. The molecule has 1 N–H and O–H groups in total. The predicted octanol–water partition coefficient (Wildman–Crippen LogP) is 3.22. The zero-order chi connectivity index (χ0) is 13.0. The molecular formula is C14H13ClN2O. The summed E-state index contributed by atoms with van der Waals surface area (Å²) in [7, 11) is 0. The third kappa shape index (κ3) is 3.31. The van der Waals surface area contributed by atoms with Gasteiger partial charge >= 0.3 is 0 Å². The van der Waals surface area contributed by atoms with E-state index in [4.69, 9.17) is 11.6 Å². The van der Waals surface area contributed by atoms with E-state index in [0.717, 1.165) is 11.3 Å². The lowest BCUT2D eigenvalue weighted by Gasteiger charge is -2.06. The Morgan fingerprint density at radius 3 is 2.72 bits per heavy atom. The lowest BCUT2D eigenvalue weighted by atomic mass is 10.1. The van der Waals surface area contributed by atoms with Crippen molar-refractivity contribution in [2.24, 2.45) is 0 Å². The second kappa shape index (κ2) is 5.65. The number of carbonyl (C=O) groups is 1. The molecule has 0 saturated carbocycles. The first-order valence-electron chi connectivity index (χ1n) is 5.62. The fraction of sp³-hybridized carbons (Fsp3) is 0.143. The highest BCUT2D eigenvalue weighted by Gasteiger charge is 2.07. The minimum atomic E-state index is -0.124. The van der Waals surface area contributed by atoms with Gasteiger partial charge in [-0.15, -0.1) is 0 Å². The second-order valence-electron chi connectivity index (χ2n) is 3.98. The number of amides is 1. The zero-order valence-corrected chi connectivity index (χ0v) is 10.7. The summed E-state index contributed by atoms with van der Waals surface area (Å²) in [6.45, 7) is 1.88. The van der Waals surface area contributed by atoms with Crippen LogP contribution in [-0.2, 0) is 11.2 Å². The van der Waals surface area contributed by atoms with Gasteiger partial charge in [0, 0.05) is 10.7 Å². The minimum Gasteiger partial charge on any atom is -0.310 e. The van der Waals surface area contributed by atoms with E-state index in [2.05, 4.69) is 10.3 Å². The van der Waals surface area contributed by atoms with Crippen molar-refractivity contribution in [1.82, 2.24) is 4.98 Å². The number of anilines is 1. The molecule has 0 unspecified atom stereocenters. The molecule has 0 spiro atoms. The number of carbonyl (C=O) groups excluding carboxylic acids is 1. The number of nitrogens with one attached hydrogen (secondary N) is 1. The van der Waals surface area contributed by atoms with E-state index >= 15 is 0 Å². The van der Waals surface area contributed by atoms with E-state index in [1.165, 1.54) is 0 Å². The molecule has 0 atom stereocenters. The molecule has 1 aromatic carbocycles. The van der Waals surface area contributed by atoms with Crippen molar-refractivity contribution in [3.05, 3.63) is 58.7 Å². The summed E-state index contributed by atoms with van der Waals surface area (Å²) in [4.78, 5) is 16.0. The maximum absolute atomic E-state index is 11.8. The van der Waals surface area contributed by atoms with Crippen LogP contribution >= 0.6 is 11.6 Å². The maximum atomic E-state index is 11.8. The number of aromatic nitrogens is 1. The Morgan fingerprint density at radius 1 is 1.22 bits per heavy atom. The molecule has 3 nitrogen and oxygen atoms in total. The van der Waals surface area contributed by atoms with E-state index < -0.39 is 0 Å². The molecule has 0 radical (unpaired) electrons. The van der Waals surface area contributed by atoms with Gasteiger partial charge in [0.15, 0.2) is 0 Å². The quantitative estimate of drug-likeness (QED) is 0.921. The van der Waals surface area contributed by atoms with Crippen LogP contribution < -0.4 is 5.32 Å². The fourth-order valence-electron chi connectivity index (χ4n) is 1.61. The van der Waals surface area contributed by atoms with E-state index in [9.17, 15) is 4.79 Å². The summed E-state index contributed by atoms with van der Waals surface area (Å²) < 4.78 is 0. The van der Waals surface area contributed by atoms with E-state index in [1.54, 1.807) is 12.1 Å².